The van der Waals surface area contributed by atoms with E-state index in [4.69, 9.17) is 31.4 Å². The number of nitrogens with two attached hydrogens (primary N) is 3. The van der Waals surface area contributed by atoms with Crippen molar-refractivity contribution in [2.45, 2.75) is 62.4 Å². The maximum Gasteiger partial charge on any atom is 0.326 e. The SMILES string of the molecule is Nc1nc2c(ncn2COC(COC(=O)C2(N)CCC2)COC(=O)C2(N)CCC2)c(=O)[nH]1. The quantitative estimate of drug-likeness (QED) is 0.338. The van der Waals surface area contributed by atoms with E-state index < -0.39 is 34.7 Å². The van der Waals surface area contributed by atoms with E-state index in [9.17, 15) is 14.4 Å². The first-order valence-corrected chi connectivity index (χ1v) is 10.4. The molecular weight excluding hydrogens is 422 g/mol. The smallest absolute Gasteiger partial charge is 0.326 e. The number of ether oxygens (including phenoxy) is 3. The first-order chi connectivity index (χ1) is 15.2. The zero-order valence-corrected chi connectivity index (χ0v) is 17.5. The summed E-state index contributed by atoms with van der Waals surface area (Å²) in [6.07, 6.45) is 4.54. The molecule has 2 aliphatic carbocycles. The number of H-pyrrole nitrogens is 1. The number of rotatable bonds is 9. The summed E-state index contributed by atoms with van der Waals surface area (Å²) in [5.41, 5.74) is 15.5. The van der Waals surface area contributed by atoms with Gasteiger partial charge in [0.25, 0.3) is 5.56 Å². The van der Waals surface area contributed by atoms with Gasteiger partial charge < -0.3 is 31.4 Å². The second kappa shape index (κ2) is 8.48. The van der Waals surface area contributed by atoms with Gasteiger partial charge in [-0.15, -0.1) is 0 Å². The van der Waals surface area contributed by atoms with E-state index in [2.05, 4.69) is 15.0 Å². The third-order valence-corrected chi connectivity index (χ3v) is 6.05. The first-order valence-electron chi connectivity index (χ1n) is 10.4. The Labute approximate surface area is 182 Å². The Kier molecular flexibility index (Phi) is 5.88. The summed E-state index contributed by atoms with van der Waals surface area (Å²) >= 11 is 0. The molecule has 2 aromatic rings. The number of fused-ring (bicyclic) bond motifs is 1. The number of aromatic nitrogens is 4. The molecule has 0 bridgehead atoms. The van der Waals surface area contributed by atoms with Gasteiger partial charge in [-0.25, -0.2) is 4.98 Å². The van der Waals surface area contributed by atoms with Crippen LogP contribution in [0.2, 0.25) is 0 Å². The van der Waals surface area contributed by atoms with Crippen molar-refractivity contribution >= 4 is 29.1 Å². The molecule has 2 aromatic heterocycles. The van der Waals surface area contributed by atoms with Gasteiger partial charge in [0.15, 0.2) is 11.2 Å². The van der Waals surface area contributed by atoms with Gasteiger partial charge in [0.2, 0.25) is 5.95 Å². The van der Waals surface area contributed by atoms with Crippen molar-refractivity contribution in [1.29, 1.82) is 0 Å². The third kappa shape index (κ3) is 4.31. The standard InChI is InChI=1S/C19H27N7O6/c20-17-24-13-12(14(27)25-17)23-9-26(13)10-32-11(7-30-15(28)18(21)3-1-4-18)8-31-16(29)19(22)5-2-6-19/h9,11H,1-8,10,21-22H2,(H3,20,24,25,27). The summed E-state index contributed by atoms with van der Waals surface area (Å²) < 4.78 is 17.9. The number of carbonyl (C=O) groups is 2. The Morgan fingerprint density at radius 1 is 1.09 bits per heavy atom. The summed E-state index contributed by atoms with van der Waals surface area (Å²) in [5.74, 6) is -1.11. The molecule has 0 radical (unpaired) electrons. The molecule has 13 nitrogen and oxygen atoms in total. The van der Waals surface area contributed by atoms with Crippen LogP contribution in [0.4, 0.5) is 5.95 Å². The van der Waals surface area contributed by atoms with Crippen LogP contribution in [0.25, 0.3) is 11.2 Å². The molecular formula is C19H27N7O6. The molecule has 0 spiro atoms. The van der Waals surface area contributed by atoms with Crippen LogP contribution in [0, 0.1) is 0 Å². The van der Waals surface area contributed by atoms with Crippen LogP contribution in [-0.2, 0) is 30.5 Å². The Hall–Kier alpha value is -3.03. The van der Waals surface area contributed by atoms with Crippen LogP contribution < -0.4 is 22.8 Å². The van der Waals surface area contributed by atoms with Gasteiger partial charge in [-0.05, 0) is 38.5 Å². The summed E-state index contributed by atoms with van der Waals surface area (Å²) in [5, 5.41) is 0. The van der Waals surface area contributed by atoms with Crippen molar-refractivity contribution < 1.29 is 23.8 Å². The first kappa shape index (κ1) is 22.2. The Bertz CT molecular complexity index is 1040. The van der Waals surface area contributed by atoms with Gasteiger partial charge in [-0.2, -0.15) is 4.98 Å². The van der Waals surface area contributed by atoms with E-state index in [0.717, 1.165) is 12.8 Å². The van der Waals surface area contributed by atoms with E-state index >= 15 is 0 Å². The van der Waals surface area contributed by atoms with Gasteiger partial charge in [-0.3, -0.25) is 23.9 Å². The van der Waals surface area contributed by atoms with Crippen molar-refractivity contribution in [3.63, 3.8) is 0 Å². The fraction of sp³-hybridized carbons (Fsp3) is 0.632. The molecule has 0 atom stereocenters. The van der Waals surface area contributed by atoms with Crippen LogP contribution in [0.3, 0.4) is 0 Å². The predicted molar refractivity (Wildman–Crippen MR) is 111 cm³/mol. The fourth-order valence-electron chi connectivity index (χ4n) is 3.54. The monoisotopic (exact) mass is 449 g/mol. The summed E-state index contributed by atoms with van der Waals surface area (Å²) in [6, 6.07) is 0. The Balaban J connectivity index is 1.41. The number of aromatic amines is 1. The highest BCUT2D eigenvalue weighted by Gasteiger charge is 2.43. The number of carbonyl (C=O) groups excluding carboxylic acids is 2. The largest absolute Gasteiger partial charge is 0.461 e. The maximum absolute atomic E-state index is 12.3. The number of imidazole rings is 1. The van der Waals surface area contributed by atoms with Gasteiger partial charge in [0.05, 0.1) is 6.33 Å². The molecule has 0 unspecified atom stereocenters. The molecule has 7 N–H and O–H groups in total. The summed E-state index contributed by atoms with van der Waals surface area (Å²) in [7, 11) is 0. The average molecular weight is 449 g/mol. The lowest BCUT2D eigenvalue weighted by molar-refractivity contribution is -0.167. The number of nitrogens with one attached hydrogen (secondary N) is 1. The molecule has 0 saturated heterocycles. The molecule has 2 fully saturated rings. The van der Waals surface area contributed by atoms with E-state index in [1.807, 2.05) is 0 Å². The number of nitrogens with zero attached hydrogens (tertiary/aromatic N) is 3. The normalized spacial score (nSPS) is 18.7. The zero-order valence-electron chi connectivity index (χ0n) is 17.5. The summed E-state index contributed by atoms with van der Waals surface area (Å²) in [6.45, 7) is -0.454. The number of nitrogen functional groups attached to an aromatic ring is 1. The molecule has 174 valence electrons. The van der Waals surface area contributed by atoms with Crippen LogP contribution >= 0.6 is 0 Å². The van der Waals surface area contributed by atoms with Crippen molar-refractivity contribution in [3.05, 3.63) is 16.7 Å². The van der Waals surface area contributed by atoms with Gasteiger partial charge >= 0.3 is 11.9 Å². The minimum atomic E-state index is -0.975. The van der Waals surface area contributed by atoms with Crippen molar-refractivity contribution in [2.75, 3.05) is 18.9 Å². The maximum atomic E-state index is 12.3. The van der Waals surface area contributed by atoms with E-state index in [0.29, 0.717) is 25.7 Å². The molecule has 13 heteroatoms. The minimum absolute atomic E-state index is 0.0638. The molecule has 2 aliphatic rings. The van der Waals surface area contributed by atoms with Crippen LogP contribution in [0.1, 0.15) is 38.5 Å². The van der Waals surface area contributed by atoms with Crippen molar-refractivity contribution in [3.8, 4) is 0 Å². The highest BCUT2D eigenvalue weighted by atomic mass is 16.6. The lowest BCUT2D eigenvalue weighted by Gasteiger charge is -2.36. The molecule has 0 aromatic carbocycles. The highest BCUT2D eigenvalue weighted by Crippen LogP contribution is 2.31. The molecule has 2 saturated carbocycles. The van der Waals surface area contributed by atoms with E-state index in [1.165, 1.54) is 10.9 Å². The second-order valence-corrected chi connectivity index (χ2v) is 8.47. The fourth-order valence-corrected chi connectivity index (χ4v) is 3.54. The number of esters is 2. The zero-order chi connectivity index (χ0) is 22.9. The van der Waals surface area contributed by atoms with Gasteiger partial charge in [-0.1, -0.05) is 0 Å². The molecule has 4 rings (SSSR count). The van der Waals surface area contributed by atoms with Crippen LogP contribution in [0.5, 0.6) is 0 Å². The Morgan fingerprint density at radius 2 is 1.66 bits per heavy atom. The van der Waals surface area contributed by atoms with Crippen molar-refractivity contribution in [1.82, 2.24) is 19.5 Å². The highest BCUT2D eigenvalue weighted by molar-refractivity contribution is 5.82. The minimum Gasteiger partial charge on any atom is -0.461 e. The van der Waals surface area contributed by atoms with E-state index in [1.54, 1.807) is 0 Å². The van der Waals surface area contributed by atoms with Crippen LogP contribution in [-0.4, -0.2) is 61.9 Å². The number of hydrogen-bond acceptors (Lipinski definition) is 11. The molecule has 2 heterocycles. The number of hydrogen-bond donors (Lipinski definition) is 4. The second-order valence-electron chi connectivity index (χ2n) is 8.47. The molecule has 0 aliphatic heterocycles. The lowest BCUT2D eigenvalue weighted by atomic mass is 9.78. The molecule has 0 amide bonds. The van der Waals surface area contributed by atoms with Crippen LogP contribution in [0.15, 0.2) is 11.1 Å². The predicted octanol–water partition coefficient (Wildman–Crippen LogP) is -1.11. The van der Waals surface area contributed by atoms with Gasteiger partial charge in [0.1, 0.15) is 37.1 Å². The topological polar surface area (TPSA) is 203 Å². The van der Waals surface area contributed by atoms with Gasteiger partial charge in [0, 0.05) is 0 Å². The Morgan fingerprint density at radius 3 is 2.16 bits per heavy atom. The average Bonchev–Trinajstić information content (AvgIpc) is 3.12. The lowest BCUT2D eigenvalue weighted by Crippen LogP contribution is -2.55. The summed E-state index contributed by atoms with van der Waals surface area (Å²) in [4.78, 5) is 46.9. The van der Waals surface area contributed by atoms with E-state index in [-0.39, 0.29) is 37.1 Å². The molecule has 32 heavy (non-hydrogen) atoms. The van der Waals surface area contributed by atoms with Crippen molar-refractivity contribution in [2.24, 2.45) is 11.5 Å². The number of anilines is 1. The third-order valence-electron chi connectivity index (χ3n) is 6.05.